The van der Waals surface area contributed by atoms with Gasteiger partial charge in [0.25, 0.3) is 0 Å². The molecule has 6 nitrogen and oxygen atoms in total. The molecule has 1 aliphatic rings. The van der Waals surface area contributed by atoms with Crippen LogP contribution in [0.2, 0.25) is 0 Å². The van der Waals surface area contributed by atoms with Crippen molar-refractivity contribution in [3.63, 3.8) is 0 Å². The summed E-state index contributed by atoms with van der Waals surface area (Å²) >= 11 is 1.97. The summed E-state index contributed by atoms with van der Waals surface area (Å²) in [5, 5.41) is 13.7. The van der Waals surface area contributed by atoms with E-state index in [0.29, 0.717) is 18.0 Å². The van der Waals surface area contributed by atoms with Crippen LogP contribution in [0.4, 0.5) is 0 Å². The van der Waals surface area contributed by atoms with Crippen LogP contribution in [0.1, 0.15) is 11.3 Å². The van der Waals surface area contributed by atoms with Gasteiger partial charge >= 0.3 is 0 Å². The molecule has 0 radical (unpaired) electrons. The Morgan fingerprint density at radius 2 is 2.11 bits per heavy atom. The molecule has 1 aromatic heterocycles. The fraction of sp³-hybridized carbons (Fsp3) is 0.524. The van der Waals surface area contributed by atoms with Gasteiger partial charge in [-0.2, -0.15) is 11.8 Å². The number of methoxy groups -OCH3 is 1. The van der Waals surface area contributed by atoms with E-state index in [2.05, 4.69) is 10.2 Å². The SMILES string of the molecule is COc1cc(CNCCc2ccco2)ccc1OC[C@@H](O)CN1CCSCC1. The third kappa shape index (κ3) is 6.74. The lowest BCUT2D eigenvalue weighted by Crippen LogP contribution is -2.40. The first-order valence-electron chi connectivity index (χ1n) is 9.75. The monoisotopic (exact) mass is 406 g/mol. The van der Waals surface area contributed by atoms with Crippen LogP contribution >= 0.6 is 11.8 Å². The first kappa shape index (κ1) is 21.0. The first-order valence-corrected chi connectivity index (χ1v) is 10.9. The van der Waals surface area contributed by atoms with Crippen molar-refractivity contribution in [1.29, 1.82) is 0 Å². The number of ether oxygens (including phenoxy) is 2. The number of hydrogen-bond acceptors (Lipinski definition) is 7. The smallest absolute Gasteiger partial charge is 0.161 e. The van der Waals surface area contributed by atoms with Gasteiger partial charge in [-0.25, -0.2) is 0 Å². The summed E-state index contributed by atoms with van der Waals surface area (Å²) in [6, 6.07) is 9.79. The molecular formula is C21H30N2O4S. The minimum Gasteiger partial charge on any atom is -0.493 e. The Bertz CT molecular complexity index is 690. The van der Waals surface area contributed by atoms with E-state index in [9.17, 15) is 5.11 Å². The minimum absolute atomic E-state index is 0.265. The van der Waals surface area contributed by atoms with Gasteiger partial charge in [0, 0.05) is 50.7 Å². The van der Waals surface area contributed by atoms with Crippen molar-refractivity contribution in [3.8, 4) is 11.5 Å². The Morgan fingerprint density at radius 1 is 1.25 bits per heavy atom. The lowest BCUT2D eigenvalue weighted by atomic mass is 10.2. The number of nitrogens with zero attached hydrogens (tertiary/aromatic N) is 1. The van der Waals surface area contributed by atoms with Crippen LogP contribution in [-0.4, -0.2) is 67.5 Å². The largest absolute Gasteiger partial charge is 0.493 e. The first-order chi connectivity index (χ1) is 13.7. The van der Waals surface area contributed by atoms with Gasteiger partial charge in [-0.3, -0.25) is 4.90 Å². The van der Waals surface area contributed by atoms with E-state index in [1.165, 1.54) is 0 Å². The highest BCUT2D eigenvalue weighted by Gasteiger charge is 2.16. The second-order valence-corrected chi connectivity index (χ2v) is 8.09. The number of thioether (sulfide) groups is 1. The molecule has 2 heterocycles. The van der Waals surface area contributed by atoms with Crippen molar-refractivity contribution in [3.05, 3.63) is 47.9 Å². The number of nitrogens with one attached hydrogen (secondary N) is 1. The molecule has 0 saturated carbocycles. The van der Waals surface area contributed by atoms with Crippen molar-refractivity contribution < 1.29 is 19.0 Å². The summed E-state index contributed by atoms with van der Waals surface area (Å²) in [4.78, 5) is 2.29. The number of β-amino-alcohol motifs (C(OH)–C–C–N with tert-alkyl or cyclic N) is 1. The van der Waals surface area contributed by atoms with Gasteiger partial charge in [-0.05, 0) is 29.8 Å². The fourth-order valence-corrected chi connectivity index (χ4v) is 4.14. The molecule has 0 bridgehead atoms. The number of rotatable bonds is 11. The summed E-state index contributed by atoms with van der Waals surface area (Å²) in [6.45, 7) is 4.57. The maximum atomic E-state index is 10.3. The van der Waals surface area contributed by atoms with Gasteiger partial charge in [0.1, 0.15) is 18.5 Å². The third-order valence-corrected chi connectivity index (χ3v) is 5.63. The Labute approximate surface area is 171 Å². The topological polar surface area (TPSA) is 67.1 Å². The van der Waals surface area contributed by atoms with Gasteiger partial charge in [0.2, 0.25) is 0 Å². The van der Waals surface area contributed by atoms with E-state index in [4.69, 9.17) is 13.9 Å². The molecule has 0 aliphatic carbocycles. The van der Waals surface area contributed by atoms with E-state index < -0.39 is 6.10 Å². The molecule has 0 unspecified atom stereocenters. The van der Waals surface area contributed by atoms with Crippen LogP contribution in [0.5, 0.6) is 11.5 Å². The number of benzene rings is 1. The van der Waals surface area contributed by atoms with Crippen molar-refractivity contribution in [2.75, 3.05) is 51.4 Å². The normalized spacial score (nSPS) is 16.1. The summed E-state index contributed by atoms with van der Waals surface area (Å²) < 4.78 is 16.6. The molecule has 2 N–H and O–H groups in total. The zero-order chi connectivity index (χ0) is 19.6. The molecule has 7 heteroatoms. The molecule has 2 aromatic rings. The van der Waals surface area contributed by atoms with Crippen LogP contribution in [-0.2, 0) is 13.0 Å². The molecule has 0 amide bonds. The predicted octanol–water partition coefficient (Wildman–Crippen LogP) is 2.41. The molecule has 3 rings (SSSR count). The average Bonchev–Trinajstić information content (AvgIpc) is 3.24. The lowest BCUT2D eigenvalue weighted by molar-refractivity contribution is 0.0705. The predicted molar refractivity (Wildman–Crippen MR) is 112 cm³/mol. The number of aliphatic hydroxyl groups excluding tert-OH is 1. The highest BCUT2D eigenvalue weighted by atomic mass is 32.2. The molecule has 1 aromatic carbocycles. The third-order valence-electron chi connectivity index (χ3n) is 4.69. The summed E-state index contributed by atoms with van der Waals surface area (Å²) in [7, 11) is 1.64. The maximum absolute atomic E-state index is 10.3. The standard InChI is InChI=1S/C21H30N2O4S/c1-25-21-13-17(14-22-7-6-19-3-2-10-26-19)4-5-20(21)27-16-18(24)15-23-8-11-28-12-9-23/h2-5,10,13,18,22,24H,6-9,11-12,14-16H2,1H3/t18-/m0/s1. The van der Waals surface area contributed by atoms with Gasteiger partial charge in [-0.15, -0.1) is 0 Å². The van der Waals surface area contributed by atoms with E-state index in [0.717, 1.165) is 55.4 Å². The zero-order valence-corrected chi connectivity index (χ0v) is 17.2. The Kier molecular flexibility index (Phi) is 8.54. The quantitative estimate of drug-likeness (QED) is 0.556. The van der Waals surface area contributed by atoms with Crippen LogP contribution in [0.25, 0.3) is 0 Å². The van der Waals surface area contributed by atoms with Crippen LogP contribution in [0, 0.1) is 0 Å². The summed E-state index contributed by atoms with van der Waals surface area (Å²) in [5.41, 5.74) is 1.12. The van der Waals surface area contributed by atoms with Crippen molar-refractivity contribution in [1.82, 2.24) is 10.2 Å². The molecule has 1 aliphatic heterocycles. The van der Waals surface area contributed by atoms with Crippen molar-refractivity contribution in [2.45, 2.75) is 19.1 Å². The number of furan rings is 1. The van der Waals surface area contributed by atoms with Gasteiger partial charge in [-0.1, -0.05) is 6.07 Å². The second-order valence-electron chi connectivity index (χ2n) is 6.87. The Balaban J connectivity index is 1.42. The Hall–Kier alpha value is -1.67. The van der Waals surface area contributed by atoms with Crippen molar-refractivity contribution >= 4 is 11.8 Å². The number of aliphatic hydroxyl groups is 1. The van der Waals surface area contributed by atoms with E-state index in [-0.39, 0.29) is 6.61 Å². The van der Waals surface area contributed by atoms with E-state index in [1.807, 2.05) is 42.1 Å². The van der Waals surface area contributed by atoms with Crippen LogP contribution < -0.4 is 14.8 Å². The maximum Gasteiger partial charge on any atom is 0.161 e. The fourth-order valence-electron chi connectivity index (χ4n) is 3.16. The van der Waals surface area contributed by atoms with Gasteiger partial charge in [0.15, 0.2) is 11.5 Å². The van der Waals surface area contributed by atoms with E-state index in [1.54, 1.807) is 13.4 Å². The highest BCUT2D eigenvalue weighted by Crippen LogP contribution is 2.28. The van der Waals surface area contributed by atoms with Crippen LogP contribution in [0.15, 0.2) is 41.0 Å². The minimum atomic E-state index is -0.504. The lowest BCUT2D eigenvalue weighted by Gasteiger charge is -2.28. The van der Waals surface area contributed by atoms with Crippen molar-refractivity contribution in [2.24, 2.45) is 0 Å². The summed E-state index contributed by atoms with van der Waals surface area (Å²) in [6.07, 6.45) is 2.05. The van der Waals surface area contributed by atoms with Crippen LogP contribution in [0.3, 0.4) is 0 Å². The molecule has 1 fully saturated rings. The average molecular weight is 407 g/mol. The molecule has 0 spiro atoms. The van der Waals surface area contributed by atoms with Gasteiger partial charge in [0.05, 0.1) is 13.4 Å². The van der Waals surface area contributed by atoms with Gasteiger partial charge < -0.3 is 24.3 Å². The number of hydrogen-bond donors (Lipinski definition) is 2. The Morgan fingerprint density at radius 3 is 2.86 bits per heavy atom. The second kappa shape index (κ2) is 11.4. The molecule has 1 atom stereocenters. The molecule has 154 valence electrons. The molecule has 1 saturated heterocycles. The molecule has 28 heavy (non-hydrogen) atoms. The highest BCUT2D eigenvalue weighted by molar-refractivity contribution is 7.99. The van der Waals surface area contributed by atoms with E-state index >= 15 is 0 Å². The zero-order valence-electron chi connectivity index (χ0n) is 16.4. The summed E-state index contributed by atoms with van der Waals surface area (Å²) in [5.74, 6) is 4.61. The molecular weight excluding hydrogens is 376 g/mol.